The number of nitrogens with zero attached hydrogens (tertiary/aromatic N) is 1. The standard InChI is InChI=1S/C17H27BrN2/c1-17(2,3)19-12-14-8-10-20(11-9-14)13-15-4-6-16(18)7-5-15/h4-7,14,19H,8-13H2,1-3H3. The summed E-state index contributed by atoms with van der Waals surface area (Å²) < 4.78 is 1.16. The Hall–Kier alpha value is -0.380. The predicted molar refractivity (Wildman–Crippen MR) is 89.9 cm³/mol. The van der Waals surface area contributed by atoms with Crippen LogP contribution in [0.3, 0.4) is 0 Å². The second-order valence-electron chi connectivity index (χ2n) is 6.98. The quantitative estimate of drug-likeness (QED) is 0.890. The Balaban J connectivity index is 1.73. The summed E-state index contributed by atoms with van der Waals surface area (Å²) in [7, 11) is 0. The van der Waals surface area contributed by atoms with E-state index >= 15 is 0 Å². The highest BCUT2D eigenvalue weighted by Crippen LogP contribution is 2.20. The zero-order valence-electron chi connectivity index (χ0n) is 13.0. The molecule has 1 aromatic carbocycles. The van der Waals surface area contributed by atoms with E-state index in [0.717, 1.165) is 23.5 Å². The number of piperidine rings is 1. The molecule has 0 unspecified atom stereocenters. The van der Waals surface area contributed by atoms with Crippen molar-refractivity contribution in [2.45, 2.75) is 45.7 Å². The Morgan fingerprint density at radius 1 is 1.15 bits per heavy atom. The van der Waals surface area contributed by atoms with E-state index in [-0.39, 0.29) is 5.54 Å². The molecule has 0 bridgehead atoms. The Bertz CT molecular complexity index is 400. The molecular formula is C17H27BrN2. The van der Waals surface area contributed by atoms with Gasteiger partial charge in [0.15, 0.2) is 0 Å². The maximum atomic E-state index is 3.64. The fourth-order valence-corrected chi connectivity index (χ4v) is 2.91. The average molecular weight is 339 g/mol. The van der Waals surface area contributed by atoms with E-state index in [2.05, 4.69) is 71.2 Å². The minimum Gasteiger partial charge on any atom is -0.312 e. The number of halogens is 1. The average Bonchev–Trinajstić information content (AvgIpc) is 2.40. The monoisotopic (exact) mass is 338 g/mol. The SMILES string of the molecule is CC(C)(C)NCC1CCN(Cc2ccc(Br)cc2)CC1. The zero-order chi connectivity index (χ0) is 14.6. The molecule has 1 aliphatic rings. The topological polar surface area (TPSA) is 15.3 Å². The molecule has 0 amide bonds. The summed E-state index contributed by atoms with van der Waals surface area (Å²) in [6, 6.07) is 8.71. The maximum Gasteiger partial charge on any atom is 0.0233 e. The van der Waals surface area contributed by atoms with Crippen LogP contribution in [0, 0.1) is 5.92 Å². The van der Waals surface area contributed by atoms with Crippen LogP contribution < -0.4 is 5.32 Å². The van der Waals surface area contributed by atoms with Crippen molar-refractivity contribution < 1.29 is 0 Å². The van der Waals surface area contributed by atoms with Crippen LogP contribution in [0.5, 0.6) is 0 Å². The third kappa shape index (κ3) is 5.55. The summed E-state index contributed by atoms with van der Waals surface area (Å²) in [5, 5.41) is 3.64. The molecule has 0 aromatic heterocycles. The molecule has 1 N–H and O–H groups in total. The van der Waals surface area contributed by atoms with Crippen molar-refractivity contribution >= 4 is 15.9 Å². The van der Waals surface area contributed by atoms with Crippen LogP contribution in [0.2, 0.25) is 0 Å². The van der Waals surface area contributed by atoms with E-state index in [1.54, 1.807) is 0 Å². The van der Waals surface area contributed by atoms with E-state index in [4.69, 9.17) is 0 Å². The van der Waals surface area contributed by atoms with Crippen molar-refractivity contribution in [2.24, 2.45) is 5.92 Å². The largest absolute Gasteiger partial charge is 0.312 e. The van der Waals surface area contributed by atoms with Gasteiger partial charge in [-0.05, 0) is 76.9 Å². The molecule has 1 aliphatic heterocycles. The van der Waals surface area contributed by atoms with Crippen molar-refractivity contribution in [1.29, 1.82) is 0 Å². The third-order valence-corrected chi connectivity index (χ3v) is 4.48. The Kier molecular flexibility index (Phi) is 5.65. The van der Waals surface area contributed by atoms with Gasteiger partial charge in [-0.15, -0.1) is 0 Å². The van der Waals surface area contributed by atoms with Crippen LogP contribution >= 0.6 is 15.9 Å². The summed E-state index contributed by atoms with van der Waals surface area (Å²) in [5.41, 5.74) is 1.66. The van der Waals surface area contributed by atoms with Crippen LogP contribution in [0.25, 0.3) is 0 Å². The molecular weight excluding hydrogens is 312 g/mol. The normalized spacial score (nSPS) is 18.4. The van der Waals surface area contributed by atoms with E-state index in [0.29, 0.717) is 0 Å². The predicted octanol–water partition coefficient (Wildman–Crippen LogP) is 4.05. The highest BCUT2D eigenvalue weighted by Gasteiger charge is 2.20. The molecule has 3 heteroatoms. The second-order valence-corrected chi connectivity index (χ2v) is 7.89. The third-order valence-electron chi connectivity index (χ3n) is 3.95. The molecule has 2 nitrogen and oxygen atoms in total. The summed E-state index contributed by atoms with van der Waals surface area (Å²) in [6.45, 7) is 11.4. The molecule has 0 aliphatic carbocycles. The van der Waals surface area contributed by atoms with Gasteiger partial charge in [0.1, 0.15) is 0 Å². The first kappa shape index (κ1) is 16.0. The Morgan fingerprint density at radius 2 is 1.75 bits per heavy atom. The molecule has 0 atom stereocenters. The van der Waals surface area contributed by atoms with E-state index in [1.165, 1.54) is 31.5 Å². The van der Waals surface area contributed by atoms with Crippen molar-refractivity contribution in [3.63, 3.8) is 0 Å². The van der Waals surface area contributed by atoms with Gasteiger partial charge in [-0.1, -0.05) is 28.1 Å². The van der Waals surface area contributed by atoms with Crippen molar-refractivity contribution in [3.8, 4) is 0 Å². The van der Waals surface area contributed by atoms with Gasteiger partial charge in [-0.2, -0.15) is 0 Å². The summed E-state index contributed by atoms with van der Waals surface area (Å²) in [6.07, 6.45) is 2.64. The highest BCUT2D eigenvalue weighted by molar-refractivity contribution is 9.10. The van der Waals surface area contributed by atoms with Gasteiger partial charge < -0.3 is 5.32 Å². The summed E-state index contributed by atoms with van der Waals surface area (Å²) in [4.78, 5) is 2.58. The van der Waals surface area contributed by atoms with Crippen molar-refractivity contribution in [1.82, 2.24) is 10.2 Å². The lowest BCUT2D eigenvalue weighted by molar-refractivity contribution is 0.170. The molecule has 1 aromatic rings. The Morgan fingerprint density at radius 3 is 2.30 bits per heavy atom. The first-order chi connectivity index (χ1) is 9.42. The zero-order valence-corrected chi connectivity index (χ0v) is 14.5. The molecule has 1 heterocycles. The van der Waals surface area contributed by atoms with E-state index < -0.39 is 0 Å². The first-order valence-electron chi connectivity index (χ1n) is 7.64. The molecule has 0 saturated carbocycles. The number of rotatable bonds is 4. The fraction of sp³-hybridized carbons (Fsp3) is 0.647. The summed E-state index contributed by atoms with van der Waals surface area (Å²) in [5.74, 6) is 0.843. The summed E-state index contributed by atoms with van der Waals surface area (Å²) >= 11 is 3.49. The molecule has 2 rings (SSSR count). The van der Waals surface area contributed by atoms with E-state index in [1.807, 2.05) is 0 Å². The van der Waals surface area contributed by atoms with Gasteiger partial charge in [0.05, 0.1) is 0 Å². The van der Waals surface area contributed by atoms with Gasteiger partial charge in [0.2, 0.25) is 0 Å². The van der Waals surface area contributed by atoms with Gasteiger partial charge >= 0.3 is 0 Å². The number of hydrogen-bond acceptors (Lipinski definition) is 2. The van der Waals surface area contributed by atoms with Crippen LogP contribution in [0.1, 0.15) is 39.2 Å². The van der Waals surface area contributed by atoms with E-state index in [9.17, 15) is 0 Å². The molecule has 1 fully saturated rings. The number of hydrogen-bond donors (Lipinski definition) is 1. The minimum absolute atomic E-state index is 0.245. The van der Waals surface area contributed by atoms with Crippen LogP contribution in [-0.4, -0.2) is 30.1 Å². The van der Waals surface area contributed by atoms with Gasteiger partial charge in [0.25, 0.3) is 0 Å². The highest BCUT2D eigenvalue weighted by atomic mass is 79.9. The second kappa shape index (κ2) is 7.06. The molecule has 1 saturated heterocycles. The maximum absolute atomic E-state index is 3.64. The number of nitrogens with one attached hydrogen (secondary N) is 1. The van der Waals surface area contributed by atoms with Crippen molar-refractivity contribution in [2.75, 3.05) is 19.6 Å². The number of benzene rings is 1. The Labute approximate surface area is 132 Å². The van der Waals surface area contributed by atoms with Gasteiger partial charge in [-0.25, -0.2) is 0 Å². The van der Waals surface area contributed by atoms with Crippen molar-refractivity contribution in [3.05, 3.63) is 34.3 Å². The van der Waals surface area contributed by atoms with Gasteiger partial charge in [-0.3, -0.25) is 4.90 Å². The van der Waals surface area contributed by atoms with Crippen LogP contribution in [0.15, 0.2) is 28.7 Å². The molecule has 112 valence electrons. The fourth-order valence-electron chi connectivity index (χ4n) is 2.65. The van der Waals surface area contributed by atoms with Crippen LogP contribution in [0.4, 0.5) is 0 Å². The smallest absolute Gasteiger partial charge is 0.0233 e. The number of likely N-dealkylation sites (tertiary alicyclic amines) is 1. The van der Waals surface area contributed by atoms with Crippen LogP contribution in [-0.2, 0) is 6.54 Å². The lowest BCUT2D eigenvalue weighted by atomic mass is 9.95. The minimum atomic E-state index is 0.245. The lowest BCUT2D eigenvalue weighted by Crippen LogP contribution is -2.42. The molecule has 20 heavy (non-hydrogen) atoms. The lowest BCUT2D eigenvalue weighted by Gasteiger charge is -2.33. The molecule has 0 spiro atoms. The first-order valence-corrected chi connectivity index (χ1v) is 8.43. The van der Waals surface area contributed by atoms with Gasteiger partial charge in [0, 0.05) is 16.6 Å². The molecule has 0 radical (unpaired) electrons.